The Balaban J connectivity index is 2.21. The summed E-state index contributed by atoms with van der Waals surface area (Å²) in [5.74, 6) is 0.0489. The van der Waals surface area contributed by atoms with E-state index < -0.39 is 5.97 Å². The van der Waals surface area contributed by atoms with Crippen LogP contribution in [0.15, 0.2) is 0 Å². The van der Waals surface area contributed by atoms with Gasteiger partial charge >= 0.3 is 5.97 Å². The maximum Gasteiger partial charge on any atom is 0.307 e. The highest BCUT2D eigenvalue weighted by Gasteiger charge is 2.48. The molecule has 2 aliphatic rings. The molecule has 1 N–H and O–H groups in total. The second kappa shape index (κ2) is 3.48. The Labute approximate surface area is 91.5 Å². The summed E-state index contributed by atoms with van der Waals surface area (Å²) in [6, 6.07) is 0. The van der Waals surface area contributed by atoms with Crippen molar-refractivity contribution in [2.24, 2.45) is 23.2 Å². The van der Waals surface area contributed by atoms with E-state index in [1.54, 1.807) is 0 Å². The molecule has 2 bridgehead atoms. The van der Waals surface area contributed by atoms with Gasteiger partial charge in [0.05, 0.1) is 5.92 Å². The second-order valence-electron chi connectivity index (χ2n) is 6.18. The molecular weight excluding hydrogens is 190 g/mol. The smallest absolute Gasteiger partial charge is 0.307 e. The number of fused-ring (bicyclic) bond motifs is 2. The van der Waals surface area contributed by atoms with Crippen molar-refractivity contribution in [3.05, 3.63) is 0 Å². The summed E-state index contributed by atoms with van der Waals surface area (Å²) in [5.41, 5.74) is 0.336. The second-order valence-corrected chi connectivity index (χ2v) is 6.18. The van der Waals surface area contributed by atoms with Crippen LogP contribution in [0.5, 0.6) is 0 Å². The van der Waals surface area contributed by atoms with Crippen molar-refractivity contribution >= 4 is 5.97 Å². The predicted molar refractivity (Wildman–Crippen MR) is 58.6 cm³/mol. The fourth-order valence-electron chi connectivity index (χ4n) is 3.78. The number of likely N-dealkylation sites (tertiary alicyclic amines) is 1. The minimum Gasteiger partial charge on any atom is -0.481 e. The maximum absolute atomic E-state index is 11.3. The molecular formula is C12H21NO2. The lowest BCUT2D eigenvalue weighted by Crippen LogP contribution is -2.53. The molecule has 2 atom stereocenters. The summed E-state index contributed by atoms with van der Waals surface area (Å²) < 4.78 is 0. The van der Waals surface area contributed by atoms with E-state index >= 15 is 0 Å². The van der Waals surface area contributed by atoms with E-state index in [0.717, 1.165) is 25.9 Å². The van der Waals surface area contributed by atoms with Gasteiger partial charge in [0.25, 0.3) is 0 Å². The Morgan fingerprint density at radius 2 is 1.73 bits per heavy atom. The first-order valence-electron chi connectivity index (χ1n) is 5.80. The average molecular weight is 211 g/mol. The monoisotopic (exact) mass is 211 g/mol. The van der Waals surface area contributed by atoms with Gasteiger partial charge in [0.1, 0.15) is 0 Å². The molecule has 0 spiro atoms. The number of rotatable bonds is 1. The largest absolute Gasteiger partial charge is 0.481 e. The number of piperidine rings is 1. The van der Waals surface area contributed by atoms with Gasteiger partial charge in [-0.15, -0.1) is 0 Å². The van der Waals surface area contributed by atoms with E-state index in [1.807, 2.05) is 0 Å². The molecule has 2 fully saturated rings. The molecule has 86 valence electrons. The Kier molecular flexibility index (Phi) is 2.53. The van der Waals surface area contributed by atoms with Crippen molar-refractivity contribution in [3.63, 3.8) is 0 Å². The SMILES string of the molecule is CN1CC2CC(C)(C)CC(C1)C2C(=O)O. The lowest BCUT2D eigenvalue weighted by Gasteiger charge is -2.50. The van der Waals surface area contributed by atoms with Crippen molar-refractivity contribution < 1.29 is 9.90 Å². The zero-order valence-corrected chi connectivity index (χ0v) is 9.86. The standard InChI is InChI=1S/C12H21NO2/c1-12(2)4-8-6-13(3)7-9(5-12)10(8)11(14)15/h8-10H,4-7H2,1-3H3,(H,14,15). The summed E-state index contributed by atoms with van der Waals surface area (Å²) in [4.78, 5) is 13.6. The Morgan fingerprint density at radius 3 is 2.13 bits per heavy atom. The Hall–Kier alpha value is -0.570. The highest BCUT2D eigenvalue weighted by molar-refractivity contribution is 5.71. The van der Waals surface area contributed by atoms with E-state index in [4.69, 9.17) is 0 Å². The average Bonchev–Trinajstić information content (AvgIpc) is 1.97. The molecule has 1 saturated carbocycles. The molecule has 2 unspecified atom stereocenters. The lowest BCUT2D eigenvalue weighted by atomic mass is 9.60. The van der Waals surface area contributed by atoms with E-state index in [2.05, 4.69) is 25.8 Å². The van der Waals surface area contributed by atoms with Crippen LogP contribution in [0, 0.1) is 23.2 Å². The molecule has 2 rings (SSSR count). The Morgan fingerprint density at radius 1 is 1.27 bits per heavy atom. The van der Waals surface area contributed by atoms with Crippen LogP contribution >= 0.6 is 0 Å². The van der Waals surface area contributed by atoms with Crippen molar-refractivity contribution in [2.45, 2.75) is 26.7 Å². The first kappa shape index (κ1) is 10.9. The first-order valence-corrected chi connectivity index (χ1v) is 5.80. The zero-order chi connectivity index (χ0) is 11.2. The lowest BCUT2D eigenvalue weighted by molar-refractivity contribution is -0.153. The van der Waals surface area contributed by atoms with Crippen molar-refractivity contribution in [2.75, 3.05) is 20.1 Å². The molecule has 1 aliphatic carbocycles. The summed E-state index contributed by atoms with van der Waals surface area (Å²) in [6.45, 7) is 6.46. The normalized spacial score (nSPS) is 40.1. The summed E-state index contributed by atoms with van der Waals surface area (Å²) in [7, 11) is 2.11. The molecule has 0 amide bonds. The van der Waals surface area contributed by atoms with Crippen LogP contribution in [-0.4, -0.2) is 36.1 Å². The number of hydrogen-bond acceptors (Lipinski definition) is 2. The third kappa shape index (κ3) is 2.03. The van der Waals surface area contributed by atoms with Crippen molar-refractivity contribution in [3.8, 4) is 0 Å². The molecule has 3 heteroatoms. The molecule has 3 nitrogen and oxygen atoms in total. The van der Waals surface area contributed by atoms with Gasteiger partial charge in [0.15, 0.2) is 0 Å². The fourth-order valence-corrected chi connectivity index (χ4v) is 3.78. The predicted octanol–water partition coefficient (Wildman–Crippen LogP) is 1.69. The number of hydrogen-bond donors (Lipinski definition) is 1. The number of carboxylic acids is 1. The fraction of sp³-hybridized carbons (Fsp3) is 0.917. The van der Waals surface area contributed by atoms with Crippen LogP contribution in [0.1, 0.15) is 26.7 Å². The van der Waals surface area contributed by atoms with Crippen LogP contribution in [-0.2, 0) is 4.79 Å². The topological polar surface area (TPSA) is 40.5 Å². The van der Waals surface area contributed by atoms with Gasteiger partial charge in [0.2, 0.25) is 0 Å². The number of carboxylic acid groups (broad SMARTS) is 1. The van der Waals surface area contributed by atoms with Gasteiger partial charge in [-0.2, -0.15) is 0 Å². The molecule has 0 aromatic heterocycles. The van der Waals surface area contributed by atoms with Gasteiger partial charge < -0.3 is 10.0 Å². The van der Waals surface area contributed by atoms with Crippen LogP contribution in [0.2, 0.25) is 0 Å². The number of aliphatic carboxylic acids is 1. The van der Waals surface area contributed by atoms with Crippen LogP contribution in [0.25, 0.3) is 0 Å². The first-order chi connectivity index (χ1) is 6.89. The van der Waals surface area contributed by atoms with E-state index in [0.29, 0.717) is 17.3 Å². The Bertz CT molecular complexity index is 257. The third-order valence-corrected chi connectivity index (χ3v) is 4.02. The van der Waals surface area contributed by atoms with E-state index in [9.17, 15) is 9.90 Å². The van der Waals surface area contributed by atoms with Crippen molar-refractivity contribution in [1.29, 1.82) is 0 Å². The summed E-state index contributed by atoms with van der Waals surface area (Å²) in [5, 5.41) is 9.28. The molecule has 15 heavy (non-hydrogen) atoms. The molecule has 0 aromatic rings. The van der Waals surface area contributed by atoms with Gasteiger partial charge in [-0.1, -0.05) is 13.8 Å². The number of carbonyl (C=O) groups is 1. The maximum atomic E-state index is 11.3. The molecule has 0 aromatic carbocycles. The van der Waals surface area contributed by atoms with Gasteiger partial charge in [0, 0.05) is 13.1 Å². The van der Waals surface area contributed by atoms with Crippen molar-refractivity contribution in [1.82, 2.24) is 4.90 Å². The van der Waals surface area contributed by atoms with E-state index in [-0.39, 0.29) is 5.92 Å². The quantitative estimate of drug-likeness (QED) is 0.717. The van der Waals surface area contributed by atoms with E-state index in [1.165, 1.54) is 0 Å². The van der Waals surface area contributed by atoms with Crippen LogP contribution in [0.3, 0.4) is 0 Å². The zero-order valence-electron chi connectivity index (χ0n) is 9.86. The van der Waals surface area contributed by atoms with Crippen LogP contribution < -0.4 is 0 Å². The van der Waals surface area contributed by atoms with Gasteiger partial charge in [-0.3, -0.25) is 4.79 Å². The highest BCUT2D eigenvalue weighted by atomic mass is 16.4. The highest BCUT2D eigenvalue weighted by Crippen LogP contribution is 2.47. The summed E-state index contributed by atoms with van der Waals surface area (Å²) >= 11 is 0. The van der Waals surface area contributed by atoms with Gasteiger partial charge in [-0.25, -0.2) is 0 Å². The molecule has 0 radical (unpaired) electrons. The van der Waals surface area contributed by atoms with Crippen LogP contribution in [0.4, 0.5) is 0 Å². The summed E-state index contributed by atoms with van der Waals surface area (Å²) in [6.07, 6.45) is 2.12. The minimum atomic E-state index is -0.575. The molecule has 1 saturated heterocycles. The molecule has 1 heterocycles. The minimum absolute atomic E-state index is 0.0887. The molecule has 1 aliphatic heterocycles. The number of nitrogens with zero attached hydrogens (tertiary/aromatic N) is 1. The third-order valence-electron chi connectivity index (χ3n) is 4.02. The van der Waals surface area contributed by atoms with Gasteiger partial charge in [-0.05, 0) is 37.1 Å².